The fraction of sp³-hybridized carbons (Fsp3) is 0.579. The van der Waals surface area contributed by atoms with Gasteiger partial charge in [-0.1, -0.05) is 29.8 Å². The molecule has 0 radical (unpaired) electrons. The summed E-state index contributed by atoms with van der Waals surface area (Å²) in [5.41, 5.74) is 0. The molecule has 146 valence electrons. The molecule has 1 aliphatic heterocycles. The van der Waals surface area contributed by atoms with Crippen LogP contribution in [0.25, 0.3) is 0 Å². The van der Waals surface area contributed by atoms with Crippen LogP contribution in [0.4, 0.5) is 0 Å². The lowest BCUT2D eigenvalue weighted by atomic mass is 10.1. The molecule has 1 atom stereocenters. The maximum Gasteiger partial charge on any atom is 0.245 e. The smallest absolute Gasteiger partial charge is 0.245 e. The Labute approximate surface area is 159 Å². The molecule has 1 saturated heterocycles. The lowest BCUT2D eigenvalue weighted by Gasteiger charge is -2.32. The molecule has 2 fully saturated rings. The number of ether oxygens (including phenoxy) is 1. The first-order valence-electron chi connectivity index (χ1n) is 9.62. The molecule has 2 aliphatic rings. The average molecular weight is 391 g/mol. The van der Waals surface area contributed by atoms with Crippen LogP contribution >= 0.6 is 0 Å². The molecule has 2 heterocycles. The Morgan fingerprint density at radius 2 is 1.96 bits per heavy atom. The Balaban J connectivity index is 1.46. The van der Waals surface area contributed by atoms with Crippen molar-refractivity contribution in [2.24, 2.45) is 5.92 Å². The van der Waals surface area contributed by atoms with Crippen molar-refractivity contribution in [3.63, 3.8) is 0 Å². The van der Waals surface area contributed by atoms with Crippen LogP contribution in [0, 0.1) is 5.92 Å². The highest BCUT2D eigenvalue weighted by Crippen LogP contribution is 2.34. The summed E-state index contributed by atoms with van der Waals surface area (Å²) in [7, 11) is -3.59. The molecular formula is C19H25N3O4S. The summed E-state index contributed by atoms with van der Waals surface area (Å²) < 4.78 is 38.7. The van der Waals surface area contributed by atoms with Crippen molar-refractivity contribution in [1.29, 1.82) is 0 Å². The largest absolute Gasteiger partial charge is 0.381 e. The zero-order valence-corrected chi connectivity index (χ0v) is 16.1. The molecule has 2 aromatic rings. The topological polar surface area (TPSA) is 85.5 Å². The molecular weight excluding hydrogens is 366 g/mol. The summed E-state index contributed by atoms with van der Waals surface area (Å²) in [6.07, 6.45) is 5.56. The molecule has 4 rings (SSSR count). The molecule has 27 heavy (non-hydrogen) atoms. The van der Waals surface area contributed by atoms with E-state index in [0.717, 1.165) is 25.4 Å². The van der Waals surface area contributed by atoms with E-state index in [1.807, 2.05) is 6.07 Å². The second-order valence-electron chi connectivity index (χ2n) is 7.26. The van der Waals surface area contributed by atoms with Crippen LogP contribution in [0.3, 0.4) is 0 Å². The van der Waals surface area contributed by atoms with E-state index >= 15 is 0 Å². The van der Waals surface area contributed by atoms with Crippen LogP contribution in [0.2, 0.25) is 0 Å². The van der Waals surface area contributed by atoms with Gasteiger partial charge in [0.1, 0.15) is 6.04 Å². The highest BCUT2D eigenvalue weighted by Gasteiger charge is 2.37. The van der Waals surface area contributed by atoms with Crippen molar-refractivity contribution in [1.82, 2.24) is 14.4 Å². The second kappa shape index (κ2) is 8.08. The van der Waals surface area contributed by atoms with Crippen LogP contribution in [0.5, 0.6) is 0 Å². The van der Waals surface area contributed by atoms with Gasteiger partial charge in [0, 0.05) is 19.6 Å². The number of sulfonamides is 1. The minimum atomic E-state index is -3.59. The standard InChI is InChI=1S/C19H25N3O4S/c23-27(24,16-6-2-1-3-7-16)22-12-5-4-8-17(22)19-20-18(21-26-19)11-13-25-14-15-9-10-15/h1-3,6-7,15,17H,4-5,8-14H2. The van der Waals surface area contributed by atoms with Crippen molar-refractivity contribution < 1.29 is 17.7 Å². The van der Waals surface area contributed by atoms with Gasteiger partial charge in [-0.2, -0.15) is 9.29 Å². The Morgan fingerprint density at radius 3 is 2.74 bits per heavy atom. The number of benzene rings is 1. The number of nitrogens with zero attached hydrogens (tertiary/aromatic N) is 3. The predicted molar refractivity (Wildman–Crippen MR) is 98.5 cm³/mol. The van der Waals surface area contributed by atoms with Crippen molar-refractivity contribution in [2.45, 2.75) is 49.5 Å². The van der Waals surface area contributed by atoms with Crippen LogP contribution in [0.1, 0.15) is 49.9 Å². The average Bonchev–Trinajstić information content (AvgIpc) is 3.41. The highest BCUT2D eigenvalue weighted by atomic mass is 32.2. The minimum absolute atomic E-state index is 0.296. The Morgan fingerprint density at radius 1 is 1.15 bits per heavy atom. The minimum Gasteiger partial charge on any atom is -0.381 e. The van der Waals surface area contributed by atoms with E-state index in [9.17, 15) is 8.42 Å². The Hall–Kier alpha value is -1.77. The summed E-state index contributed by atoms with van der Waals surface area (Å²) in [4.78, 5) is 4.76. The molecule has 0 spiro atoms. The normalized spacial score (nSPS) is 21.4. The van der Waals surface area contributed by atoms with Gasteiger partial charge in [-0.05, 0) is 43.7 Å². The van der Waals surface area contributed by atoms with Gasteiger partial charge in [0.05, 0.1) is 11.5 Å². The molecule has 1 unspecified atom stereocenters. The summed E-state index contributed by atoms with van der Waals surface area (Å²) in [5.74, 6) is 1.68. The molecule has 0 amide bonds. The molecule has 1 saturated carbocycles. The van der Waals surface area contributed by atoms with Crippen LogP contribution < -0.4 is 0 Å². The zero-order chi connectivity index (χ0) is 18.7. The molecule has 0 bridgehead atoms. The zero-order valence-electron chi connectivity index (χ0n) is 15.3. The molecule has 7 nitrogen and oxygen atoms in total. The fourth-order valence-electron chi connectivity index (χ4n) is 3.37. The first kappa shape index (κ1) is 18.6. The van der Waals surface area contributed by atoms with E-state index in [0.29, 0.717) is 42.6 Å². The summed E-state index contributed by atoms with van der Waals surface area (Å²) >= 11 is 0. The van der Waals surface area contributed by atoms with Gasteiger partial charge in [0.15, 0.2) is 5.82 Å². The van der Waals surface area contributed by atoms with Crippen molar-refractivity contribution in [2.75, 3.05) is 19.8 Å². The lowest BCUT2D eigenvalue weighted by Crippen LogP contribution is -2.38. The maximum atomic E-state index is 13.1. The van der Waals surface area contributed by atoms with E-state index in [4.69, 9.17) is 9.26 Å². The molecule has 1 aliphatic carbocycles. The van der Waals surface area contributed by atoms with Crippen molar-refractivity contribution in [3.05, 3.63) is 42.0 Å². The second-order valence-corrected chi connectivity index (χ2v) is 9.15. The van der Waals surface area contributed by atoms with Crippen LogP contribution in [-0.4, -0.2) is 42.6 Å². The molecule has 1 aromatic carbocycles. The van der Waals surface area contributed by atoms with Gasteiger partial charge in [0.25, 0.3) is 0 Å². The molecule has 8 heteroatoms. The number of hydrogen-bond donors (Lipinski definition) is 0. The number of piperidine rings is 1. The third-order valence-corrected chi connectivity index (χ3v) is 7.02. The van der Waals surface area contributed by atoms with E-state index in [1.54, 1.807) is 24.3 Å². The van der Waals surface area contributed by atoms with Gasteiger partial charge >= 0.3 is 0 Å². The SMILES string of the molecule is O=S(=O)(c1ccccc1)N1CCCCC1c1nc(CCOCC2CC2)no1. The number of aromatic nitrogens is 2. The van der Waals surface area contributed by atoms with Gasteiger partial charge in [-0.3, -0.25) is 0 Å². The fourth-order valence-corrected chi connectivity index (χ4v) is 5.04. The van der Waals surface area contributed by atoms with E-state index in [1.165, 1.54) is 17.1 Å². The summed E-state index contributed by atoms with van der Waals surface area (Å²) in [5, 5.41) is 4.03. The van der Waals surface area contributed by atoms with Gasteiger partial charge in [0.2, 0.25) is 15.9 Å². The van der Waals surface area contributed by atoms with Gasteiger partial charge < -0.3 is 9.26 Å². The quantitative estimate of drug-likeness (QED) is 0.643. The van der Waals surface area contributed by atoms with Gasteiger partial charge in [-0.25, -0.2) is 8.42 Å². The Bertz CT molecular complexity index is 849. The molecule has 1 aromatic heterocycles. The first-order chi connectivity index (χ1) is 13.1. The highest BCUT2D eigenvalue weighted by molar-refractivity contribution is 7.89. The molecule has 0 N–H and O–H groups in total. The van der Waals surface area contributed by atoms with E-state index < -0.39 is 16.1 Å². The van der Waals surface area contributed by atoms with Crippen molar-refractivity contribution in [3.8, 4) is 0 Å². The van der Waals surface area contributed by atoms with Crippen LogP contribution in [0.15, 0.2) is 39.8 Å². The van der Waals surface area contributed by atoms with Crippen molar-refractivity contribution >= 4 is 10.0 Å². The lowest BCUT2D eigenvalue weighted by molar-refractivity contribution is 0.125. The van der Waals surface area contributed by atoms with Gasteiger partial charge in [-0.15, -0.1) is 0 Å². The Kier molecular flexibility index (Phi) is 5.56. The number of hydrogen-bond acceptors (Lipinski definition) is 6. The van der Waals surface area contributed by atoms with E-state index in [2.05, 4.69) is 10.1 Å². The summed E-state index contributed by atoms with van der Waals surface area (Å²) in [6, 6.07) is 8.12. The summed E-state index contributed by atoms with van der Waals surface area (Å²) in [6.45, 7) is 1.83. The monoisotopic (exact) mass is 391 g/mol. The third kappa shape index (κ3) is 4.39. The van der Waals surface area contributed by atoms with Crippen LogP contribution in [-0.2, 0) is 21.2 Å². The van der Waals surface area contributed by atoms with E-state index in [-0.39, 0.29) is 0 Å². The third-order valence-electron chi connectivity index (χ3n) is 5.09. The predicted octanol–water partition coefficient (Wildman–Crippen LogP) is 2.95. The number of rotatable bonds is 8. The maximum absolute atomic E-state index is 13.1. The first-order valence-corrected chi connectivity index (χ1v) is 11.1.